The van der Waals surface area contributed by atoms with Crippen molar-refractivity contribution in [2.24, 2.45) is 5.41 Å². The molecule has 5 heteroatoms. The summed E-state index contributed by atoms with van der Waals surface area (Å²) in [5, 5.41) is 7.47. The molecule has 1 aromatic heterocycles. The summed E-state index contributed by atoms with van der Waals surface area (Å²) in [6.45, 7) is 8.42. The van der Waals surface area contributed by atoms with E-state index in [2.05, 4.69) is 36.3 Å². The second kappa shape index (κ2) is 7.14. The highest BCUT2D eigenvalue weighted by Crippen LogP contribution is 2.50. The van der Waals surface area contributed by atoms with Crippen LogP contribution in [0.4, 0.5) is 0 Å². The largest absolute Gasteiger partial charge is 0.374 e. The van der Waals surface area contributed by atoms with E-state index in [0.717, 1.165) is 31.9 Å². The van der Waals surface area contributed by atoms with Crippen LogP contribution in [-0.2, 0) is 11.3 Å². The van der Waals surface area contributed by atoms with Crippen molar-refractivity contribution in [1.82, 2.24) is 15.4 Å². The molecule has 2 aliphatic rings. The number of hydrogen-bond donors (Lipinski definition) is 1. The van der Waals surface area contributed by atoms with Gasteiger partial charge in [-0.15, -0.1) is 0 Å². The topological polar surface area (TPSA) is 50.5 Å². The van der Waals surface area contributed by atoms with Crippen molar-refractivity contribution in [2.45, 2.75) is 64.0 Å². The Morgan fingerprint density at radius 3 is 2.71 bits per heavy atom. The molecule has 3 rings (SSSR count). The Hall–Kier alpha value is -0.910. The van der Waals surface area contributed by atoms with Crippen molar-refractivity contribution in [3.63, 3.8) is 0 Å². The van der Waals surface area contributed by atoms with Crippen LogP contribution in [0.3, 0.4) is 0 Å². The second-order valence-corrected chi connectivity index (χ2v) is 8.64. The first-order valence-corrected chi connectivity index (χ1v) is 9.33. The molecule has 136 valence electrons. The van der Waals surface area contributed by atoms with Crippen LogP contribution < -0.4 is 5.32 Å². The summed E-state index contributed by atoms with van der Waals surface area (Å²) in [4.78, 5) is 2.30. The minimum absolute atomic E-state index is 0.140. The molecular weight excluding hydrogens is 302 g/mol. The number of ether oxygens (including phenoxy) is 1. The van der Waals surface area contributed by atoms with Crippen molar-refractivity contribution in [3.05, 3.63) is 17.5 Å². The van der Waals surface area contributed by atoms with Crippen molar-refractivity contribution >= 4 is 0 Å². The van der Waals surface area contributed by atoms with Crippen LogP contribution in [0.25, 0.3) is 0 Å². The van der Waals surface area contributed by atoms with Gasteiger partial charge in [-0.2, -0.15) is 0 Å². The van der Waals surface area contributed by atoms with Gasteiger partial charge >= 0.3 is 0 Å². The van der Waals surface area contributed by atoms with E-state index in [1.54, 1.807) is 0 Å². The molecule has 1 N–H and O–H groups in total. The van der Waals surface area contributed by atoms with Crippen molar-refractivity contribution in [3.8, 4) is 0 Å². The van der Waals surface area contributed by atoms with E-state index in [1.165, 1.54) is 37.7 Å². The van der Waals surface area contributed by atoms with Gasteiger partial charge in [-0.1, -0.05) is 19.0 Å². The number of hydrogen-bond acceptors (Lipinski definition) is 5. The maximum absolute atomic E-state index is 6.25. The van der Waals surface area contributed by atoms with Gasteiger partial charge in [-0.05, 0) is 57.5 Å². The molecule has 1 aliphatic carbocycles. The van der Waals surface area contributed by atoms with Crippen LogP contribution in [0.15, 0.2) is 10.8 Å². The van der Waals surface area contributed by atoms with Crippen molar-refractivity contribution in [1.29, 1.82) is 0 Å². The lowest BCUT2D eigenvalue weighted by atomic mass is 9.72. The van der Waals surface area contributed by atoms with Gasteiger partial charge in [0.1, 0.15) is 12.0 Å². The SMILES string of the molecule is CNCCN(C)Cc1nocc1C1CCC2(CC1)CC(C)(C)CO2. The molecule has 0 unspecified atom stereocenters. The molecule has 0 atom stereocenters. The fourth-order valence-corrected chi connectivity index (χ4v) is 4.46. The minimum Gasteiger partial charge on any atom is -0.374 e. The summed E-state index contributed by atoms with van der Waals surface area (Å²) in [7, 11) is 4.12. The van der Waals surface area contributed by atoms with Crippen LogP contribution in [-0.4, -0.2) is 49.4 Å². The Morgan fingerprint density at radius 1 is 1.33 bits per heavy atom. The molecule has 1 saturated heterocycles. The van der Waals surface area contributed by atoms with E-state index in [1.807, 2.05) is 13.3 Å². The van der Waals surface area contributed by atoms with Gasteiger partial charge in [-0.3, -0.25) is 4.90 Å². The van der Waals surface area contributed by atoms with Crippen LogP contribution in [0, 0.1) is 5.41 Å². The summed E-state index contributed by atoms with van der Waals surface area (Å²) in [5.74, 6) is 0.571. The molecule has 0 bridgehead atoms. The van der Waals surface area contributed by atoms with Gasteiger partial charge in [0.2, 0.25) is 0 Å². The normalized spacial score (nSPS) is 29.6. The zero-order valence-electron chi connectivity index (χ0n) is 15.7. The molecule has 0 aromatic carbocycles. The van der Waals surface area contributed by atoms with E-state index in [0.29, 0.717) is 11.3 Å². The van der Waals surface area contributed by atoms with Crippen molar-refractivity contribution in [2.75, 3.05) is 33.8 Å². The summed E-state index contributed by atoms with van der Waals surface area (Å²) >= 11 is 0. The molecule has 2 fully saturated rings. The predicted octanol–water partition coefficient (Wildman–Crippen LogP) is 3.17. The average Bonchev–Trinajstić information content (AvgIpc) is 3.11. The smallest absolute Gasteiger partial charge is 0.127 e. The number of rotatable bonds is 6. The lowest BCUT2D eigenvalue weighted by Crippen LogP contribution is -2.33. The van der Waals surface area contributed by atoms with Crippen LogP contribution in [0.5, 0.6) is 0 Å². The first kappa shape index (κ1) is 17.9. The molecule has 1 aliphatic heterocycles. The van der Waals surface area contributed by atoms with Gasteiger partial charge in [0.15, 0.2) is 0 Å². The highest BCUT2D eigenvalue weighted by Gasteiger charge is 2.46. The lowest BCUT2D eigenvalue weighted by molar-refractivity contribution is -0.0294. The number of aromatic nitrogens is 1. The molecule has 1 aromatic rings. The highest BCUT2D eigenvalue weighted by atomic mass is 16.5. The molecule has 2 heterocycles. The van der Waals surface area contributed by atoms with Crippen LogP contribution in [0.1, 0.15) is 63.1 Å². The molecule has 0 radical (unpaired) electrons. The average molecular weight is 335 g/mol. The Labute approximate surface area is 146 Å². The Kier molecular flexibility index (Phi) is 5.33. The minimum atomic E-state index is 0.140. The summed E-state index contributed by atoms with van der Waals surface area (Å²) < 4.78 is 11.6. The Morgan fingerprint density at radius 2 is 2.08 bits per heavy atom. The first-order chi connectivity index (χ1) is 11.4. The van der Waals surface area contributed by atoms with Crippen LogP contribution >= 0.6 is 0 Å². The molecular formula is C19H33N3O2. The van der Waals surface area contributed by atoms with E-state index in [4.69, 9.17) is 9.26 Å². The Bertz CT molecular complexity index is 532. The van der Waals surface area contributed by atoms with Crippen molar-refractivity contribution < 1.29 is 9.26 Å². The van der Waals surface area contributed by atoms with E-state index in [-0.39, 0.29) is 5.60 Å². The number of likely N-dealkylation sites (N-methyl/N-ethyl adjacent to an activating group) is 2. The van der Waals surface area contributed by atoms with E-state index in [9.17, 15) is 0 Å². The third-order valence-corrected chi connectivity index (χ3v) is 5.75. The Balaban J connectivity index is 1.58. The van der Waals surface area contributed by atoms with Gasteiger partial charge in [-0.25, -0.2) is 0 Å². The van der Waals surface area contributed by atoms with E-state index < -0.39 is 0 Å². The number of nitrogens with one attached hydrogen (secondary N) is 1. The van der Waals surface area contributed by atoms with Crippen LogP contribution in [0.2, 0.25) is 0 Å². The maximum atomic E-state index is 6.25. The summed E-state index contributed by atoms with van der Waals surface area (Å²) in [6.07, 6.45) is 7.79. The molecule has 0 amide bonds. The zero-order chi connectivity index (χ0) is 17.2. The van der Waals surface area contributed by atoms with Gasteiger partial charge in [0.05, 0.1) is 12.2 Å². The molecule has 1 saturated carbocycles. The fourth-order valence-electron chi connectivity index (χ4n) is 4.46. The monoisotopic (exact) mass is 335 g/mol. The molecule has 5 nitrogen and oxygen atoms in total. The summed E-state index contributed by atoms with van der Waals surface area (Å²) in [6, 6.07) is 0. The zero-order valence-corrected chi connectivity index (χ0v) is 15.7. The predicted molar refractivity (Wildman–Crippen MR) is 95.1 cm³/mol. The molecule has 1 spiro atoms. The highest BCUT2D eigenvalue weighted by molar-refractivity contribution is 5.21. The van der Waals surface area contributed by atoms with Gasteiger partial charge in [0.25, 0.3) is 0 Å². The number of nitrogens with zero attached hydrogens (tertiary/aromatic N) is 2. The summed E-state index contributed by atoms with van der Waals surface area (Å²) in [5.41, 5.74) is 2.91. The third kappa shape index (κ3) is 4.01. The second-order valence-electron chi connectivity index (χ2n) is 8.64. The lowest BCUT2D eigenvalue weighted by Gasteiger charge is -2.37. The third-order valence-electron chi connectivity index (χ3n) is 5.75. The quantitative estimate of drug-likeness (QED) is 0.865. The fraction of sp³-hybridized carbons (Fsp3) is 0.842. The van der Waals surface area contributed by atoms with Gasteiger partial charge < -0.3 is 14.6 Å². The molecule has 24 heavy (non-hydrogen) atoms. The van der Waals surface area contributed by atoms with Gasteiger partial charge in [0, 0.05) is 25.2 Å². The van der Waals surface area contributed by atoms with E-state index >= 15 is 0 Å². The first-order valence-electron chi connectivity index (χ1n) is 9.33. The standard InChI is InChI=1S/C19H33N3O2/c1-18(2)13-19(23-14-18)7-5-15(6-8-19)16-12-24-21-17(16)11-22(4)10-9-20-3/h12,15,20H,5-11,13-14H2,1-4H3. The maximum Gasteiger partial charge on any atom is 0.127 e.